The molecule has 0 saturated heterocycles. The second-order valence-corrected chi connectivity index (χ2v) is 15.3. The van der Waals surface area contributed by atoms with Gasteiger partial charge in [-0.25, -0.2) is 27.5 Å². The summed E-state index contributed by atoms with van der Waals surface area (Å²) in [5, 5.41) is 13.8. The SMILES string of the molecule is CC(C)(C)OC(=O)N(C(=O)OC(C)(C)C)N(c1ccc2cnccc2c1)C(C(=O)O)c1ccc(CCNS(=O)(=O)c2cccc(CN)c2)cc1. The number of benzene rings is 3. The van der Waals surface area contributed by atoms with Gasteiger partial charge in [-0.2, -0.15) is 0 Å². The molecule has 0 fully saturated rings. The molecule has 1 aromatic heterocycles. The van der Waals surface area contributed by atoms with E-state index in [-0.39, 0.29) is 35.7 Å². The number of aromatic nitrogens is 1. The minimum Gasteiger partial charge on any atom is -0.479 e. The fourth-order valence-corrected chi connectivity index (χ4v) is 6.06. The highest BCUT2D eigenvalue weighted by Crippen LogP contribution is 2.34. The molecule has 2 amide bonds. The van der Waals surface area contributed by atoms with Gasteiger partial charge >= 0.3 is 18.2 Å². The Bertz CT molecular complexity index is 1930. The van der Waals surface area contributed by atoms with Gasteiger partial charge in [0, 0.05) is 30.9 Å². The van der Waals surface area contributed by atoms with Crippen LogP contribution in [0, 0.1) is 0 Å². The summed E-state index contributed by atoms with van der Waals surface area (Å²) in [5.41, 5.74) is 5.35. The highest BCUT2D eigenvalue weighted by atomic mass is 32.2. The van der Waals surface area contributed by atoms with Gasteiger partial charge in [-0.1, -0.05) is 42.5 Å². The van der Waals surface area contributed by atoms with Crippen LogP contribution in [0.2, 0.25) is 0 Å². The number of pyridine rings is 1. The van der Waals surface area contributed by atoms with Crippen molar-refractivity contribution < 1.29 is 37.4 Å². The van der Waals surface area contributed by atoms with Crippen LogP contribution in [0.15, 0.2) is 90.1 Å². The average Bonchev–Trinajstić information content (AvgIpc) is 3.03. The maximum atomic E-state index is 13.8. The van der Waals surface area contributed by atoms with Crippen LogP contribution >= 0.6 is 0 Å². The molecule has 0 bridgehead atoms. The van der Waals surface area contributed by atoms with Crippen LogP contribution in [-0.4, -0.2) is 59.4 Å². The van der Waals surface area contributed by atoms with Gasteiger partial charge in [-0.05, 0) is 100 Å². The Morgan fingerprint density at radius 3 is 2.08 bits per heavy atom. The van der Waals surface area contributed by atoms with Crippen molar-refractivity contribution in [3.05, 3.63) is 102 Å². The van der Waals surface area contributed by atoms with Crippen molar-refractivity contribution in [1.82, 2.24) is 14.7 Å². The summed E-state index contributed by atoms with van der Waals surface area (Å²) in [7, 11) is -3.79. The van der Waals surface area contributed by atoms with Crippen LogP contribution in [0.5, 0.6) is 0 Å². The van der Waals surface area contributed by atoms with Crippen molar-refractivity contribution in [2.45, 2.75) is 76.6 Å². The number of nitrogens with two attached hydrogens (primary N) is 1. The molecular weight excluding hydrogens is 662 g/mol. The van der Waals surface area contributed by atoms with E-state index in [9.17, 15) is 27.9 Å². The first-order valence-electron chi connectivity index (χ1n) is 15.9. The Hall–Kier alpha value is -5.05. The number of carbonyl (C=O) groups excluding carboxylic acids is 2. The second-order valence-electron chi connectivity index (χ2n) is 13.5. The number of amides is 2. The Morgan fingerprint density at radius 2 is 1.50 bits per heavy atom. The zero-order valence-electron chi connectivity index (χ0n) is 28.9. The number of hydrogen-bond acceptors (Lipinski definition) is 10. The molecule has 0 saturated carbocycles. The number of sulfonamides is 1. The van der Waals surface area contributed by atoms with E-state index in [4.69, 9.17) is 15.2 Å². The summed E-state index contributed by atoms with van der Waals surface area (Å²) in [6.45, 7) is 10.0. The Morgan fingerprint density at radius 1 is 0.860 bits per heavy atom. The number of aliphatic carboxylic acids is 1. The van der Waals surface area contributed by atoms with Crippen LogP contribution in [-0.2, 0) is 37.3 Å². The lowest BCUT2D eigenvalue weighted by Crippen LogP contribution is -2.56. The molecule has 266 valence electrons. The van der Waals surface area contributed by atoms with Gasteiger partial charge in [0.1, 0.15) is 11.2 Å². The van der Waals surface area contributed by atoms with E-state index in [0.717, 1.165) is 10.4 Å². The third kappa shape index (κ3) is 9.77. The number of carboxylic acid groups (broad SMARTS) is 1. The highest BCUT2D eigenvalue weighted by molar-refractivity contribution is 7.89. The first kappa shape index (κ1) is 37.8. The normalized spacial score (nSPS) is 12.6. The monoisotopic (exact) mass is 705 g/mol. The number of fused-ring (bicyclic) bond motifs is 1. The Labute approximate surface area is 292 Å². The molecule has 14 heteroatoms. The van der Waals surface area contributed by atoms with Crippen LogP contribution in [0.1, 0.15) is 64.3 Å². The fourth-order valence-electron chi connectivity index (χ4n) is 4.96. The van der Waals surface area contributed by atoms with Crippen molar-refractivity contribution in [3.8, 4) is 0 Å². The summed E-state index contributed by atoms with van der Waals surface area (Å²) >= 11 is 0. The third-order valence-electron chi connectivity index (χ3n) is 7.16. The summed E-state index contributed by atoms with van der Waals surface area (Å²) in [4.78, 5) is 45.0. The van der Waals surface area contributed by atoms with E-state index in [2.05, 4.69) is 9.71 Å². The third-order valence-corrected chi connectivity index (χ3v) is 8.62. The minimum atomic E-state index is -3.79. The van der Waals surface area contributed by atoms with Gasteiger partial charge < -0.3 is 20.3 Å². The van der Waals surface area contributed by atoms with E-state index in [1.165, 1.54) is 12.1 Å². The topological polar surface area (TPSA) is 181 Å². The van der Waals surface area contributed by atoms with Gasteiger partial charge in [-0.15, -0.1) is 5.01 Å². The van der Waals surface area contributed by atoms with Crippen molar-refractivity contribution in [2.75, 3.05) is 11.6 Å². The van der Waals surface area contributed by atoms with Crippen molar-refractivity contribution in [3.63, 3.8) is 0 Å². The number of ether oxygens (including phenoxy) is 2. The van der Waals surface area contributed by atoms with Crippen molar-refractivity contribution in [2.24, 2.45) is 5.73 Å². The van der Waals surface area contributed by atoms with Gasteiger partial charge in [0.2, 0.25) is 10.0 Å². The quantitative estimate of drug-likeness (QED) is 0.157. The van der Waals surface area contributed by atoms with Crippen LogP contribution in [0.3, 0.4) is 0 Å². The van der Waals surface area contributed by atoms with Crippen molar-refractivity contribution in [1.29, 1.82) is 0 Å². The molecule has 3 aromatic carbocycles. The van der Waals surface area contributed by atoms with E-state index in [0.29, 0.717) is 21.5 Å². The number of nitrogens with one attached hydrogen (secondary N) is 1. The lowest BCUT2D eigenvalue weighted by atomic mass is 10.0. The molecule has 1 heterocycles. The molecule has 0 aliphatic rings. The maximum Gasteiger partial charge on any atom is 0.439 e. The molecule has 0 spiro atoms. The molecule has 4 aromatic rings. The summed E-state index contributed by atoms with van der Waals surface area (Å²) in [5.74, 6) is -1.38. The smallest absolute Gasteiger partial charge is 0.439 e. The zero-order valence-corrected chi connectivity index (χ0v) is 29.7. The molecular formula is C36H43N5O8S. The lowest BCUT2D eigenvalue weighted by Gasteiger charge is -2.39. The van der Waals surface area contributed by atoms with Crippen LogP contribution in [0.25, 0.3) is 10.8 Å². The molecule has 1 unspecified atom stereocenters. The van der Waals surface area contributed by atoms with Crippen LogP contribution in [0.4, 0.5) is 15.3 Å². The summed E-state index contributed by atoms with van der Waals surface area (Å²) in [6, 6.07) is 17.8. The molecule has 13 nitrogen and oxygen atoms in total. The molecule has 1 atom stereocenters. The standard InChI is InChI=1S/C36H43N5O8S/c1-35(2,3)48-33(44)41(34(45)49-36(4,5)6)40(29-15-14-28-23-38-18-17-27(28)21-29)31(32(42)43)26-12-10-24(11-13-26)16-19-39-50(46,47)30-9-7-8-25(20-30)22-37/h7-15,17-18,20-21,23,31,39H,16,19,22,37H2,1-6H3,(H,42,43). The van der Waals surface area contributed by atoms with Gasteiger partial charge in [-0.3, -0.25) is 9.99 Å². The number of hydrogen-bond donors (Lipinski definition) is 3. The van der Waals surface area contributed by atoms with E-state index >= 15 is 0 Å². The number of nitrogens with zero attached hydrogens (tertiary/aromatic N) is 3. The molecule has 0 aliphatic carbocycles. The number of anilines is 1. The number of hydrazine groups is 1. The van der Waals surface area contributed by atoms with Gasteiger partial charge in [0.05, 0.1) is 10.6 Å². The number of imide groups is 1. The molecule has 0 aliphatic heterocycles. The maximum absolute atomic E-state index is 13.8. The summed E-state index contributed by atoms with van der Waals surface area (Å²) in [6.07, 6.45) is 1.20. The number of carboxylic acids is 1. The largest absolute Gasteiger partial charge is 0.479 e. The predicted octanol–water partition coefficient (Wildman–Crippen LogP) is 5.93. The highest BCUT2D eigenvalue weighted by Gasteiger charge is 2.42. The van der Waals surface area contributed by atoms with Crippen molar-refractivity contribution >= 4 is 44.6 Å². The average molecular weight is 706 g/mol. The molecule has 4 rings (SSSR count). The molecule has 4 N–H and O–H groups in total. The number of carbonyl (C=O) groups is 3. The minimum absolute atomic E-state index is 0.0695. The number of rotatable bonds is 11. The van der Waals surface area contributed by atoms with E-state index < -0.39 is 45.4 Å². The van der Waals surface area contributed by atoms with Crippen LogP contribution < -0.4 is 15.5 Å². The summed E-state index contributed by atoms with van der Waals surface area (Å²) < 4.78 is 39.5. The predicted molar refractivity (Wildman–Crippen MR) is 189 cm³/mol. The zero-order chi connectivity index (χ0) is 36.9. The Kier molecular flexibility index (Phi) is 11.5. The van der Waals surface area contributed by atoms with E-state index in [1.807, 2.05) is 0 Å². The fraction of sp³-hybridized carbons (Fsp3) is 0.333. The van der Waals surface area contributed by atoms with Gasteiger partial charge in [0.25, 0.3) is 0 Å². The van der Waals surface area contributed by atoms with Gasteiger partial charge in [0.15, 0.2) is 6.04 Å². The second kappa shape index (κ2) is 15.2. The Balaban J connectivity index is 1.72. The first-order valence-corrected chi connectivity index (χ1v) is 17.4. The lowest BCUT2D eigenvalue weighted by molar-refractivity contribution is -0.139. The molecule has 0 radical (unpaired) electrons. The van der Waals surface area contributed by atoms with E-state index in [1.54, 1.807) is 115 Å². The molecule has 50 heavy (non-hydrogen) atoms. The first-order chi connectivity index (χ1) is 23.4.